The van der Waals surface area contributed by atoms with Gasteiger partial charge in [0.2, 0.25) is 0 Å². The van der Waals surface area contributed by atoms with E-state index in [2.05, 4.69) is 56.7 Å². The third-order valence-corrected chi connectivity index (χ3v) is 4.54. The molecule has 1 fully saturated rings. The van der Waals surface area contributed by atoms with Crippen LogP contribution in [-0.2, 0) is 0 Å². The molecule has 16 heavy (non-hydrogen) atoms. The predicted octanol–water partition coefficient (Wildman–Crippen LogP) is 2.59. The van der Waals surface area contributed by atoms with Crippen molar-refractivity contribution in [2.45, 2.75) is 57.4 Å². The molecule has 1 saturated heterocycles. The molecule has 0 radical (unpaired) electrons. The molecule has 1 aliphatic heterocycles. The number of nitrogens with one attached hydrogen (secondary N) is 1. The van der Waals surface area contributed by atoms with Gasteiger partial charge in [-0.15, -0.1) is 0 Å². The van der Waals surface area contributed by atoms with Gasteiger partial charge >= 0.3 is 0 Å². The van der Waals surface area contributed by atoms with Gasteiger partial charge in [-0.3, -0.25) is 0 Å². The first-order chi connectivity index (χ1) is 7.37. The average molecular weight is 244 g/mol. The van der Waals surface area contributed by atoms with Crippen LogP contribution < -0.4 is 5.32 Å². The first-order valence-corrected chi connectivity index (χ1v) is 7.44. The number of likely N-dealkylation sites (tertiary alicyclic amines) is 1. The maximum Gasteiger partial charge on any atom is 0.0132 e. The Hall–Kier alpha value is 0.270. The summed E-state index contributed by atoms with van der Waals surface area (Å²) >= 11 is 2.06. The van der Waals surface area contributed by atoms with Crippen LogP contribution in [0.1, 0.15) is 40.5 Å². The lowest BCUT2D eigenvalue weighted by Gasteiger charge is -2.32. The smallest absolute Gasteiger partial charge is 0.0132 e. The van der Waals surface area contributed by atoms with Gasteiger partial charge in [0.25, 0.3) is 0 Å². The van der Waals surface area contributed by atoms with Crippen molar-refractivity contribution in [3.05, 3.63) is 0 Å². The van der Waals surface area contributed by atoms with E-state index in [9.17, 15) is 0 Å². The van der Waals surface area contributed by atoms with Crippen LogP contribution >= 0.6 is 11.8 Å². The third kappa shape index (κ3) is 6.12. The summed E-state index contributed by atoms with van der Waals surface area (Å²) in [5.41, 5.74) is 0. The second-order valence-corrected chi connectivity index (χ2v) is 7.92. The molecule has 0 bridgehead atoms. The first kappa shape index (κ1) is 14.3. The van der Waals surface area contributed by atoms with Crippen molar-refractivity contribution in [1.82, 2.24) is 10.2 Å². The van der Waals surface area contributed by atoms with Gasteiger partial charge in [0.05, 0.1) is 0 Å². The lowest BCUT2D eigenvalue weighted by molar-refractivity contribution is 0.229. The van der Waals surface area contributed by atoms with Crippen LogP contribution in [0.15, 0.2) is 0 Å². The molecule has 0 aromatic heterocycles. The van der Waals surface area contributed by atoms with Crippen LogP contribution in [0.2, 0.25) is 0 Å². The van der Waals surface area contributed by atoms with E-state index in [0.717, 1.165) is 6.04 Å². The van der Waals surface area contributed by atoms with Crippen molar-refractivity contribution in [2.75, 3.05) is 25.9 Å². The number of thioether (sulfide) groups is 1. The van der Waals surface area contributed by atoms with Crippen LogP contribution in [-0.4, -0.2) is 47.6 Å². The maximum atomic E-state index is 3.76. The zero-order chi connectivity index (χ0) is 12.2. The molecule has 0 spiro atoms. The summed E-state index contributed by atoms with van der Waals surface area (Å²) < 4.78 is 0.392. The Morgan fingerprint density at radius 3 is 2.38 bits per heavy atom. The normalized spacial score (nSPS) is 22.3. The number of hydrogen-bond acceptors (Lipinski definition) is 3. The topological polar surface area (TPSA) is 15.3 Å². The number of piperidine rings is 1. The highest BCUT2D eigenvalue weighted by Gasteiger charge is 2.19. The van der Waals surface area contributed by atoms with Gasteiger partial charge in [-0.2, -0.15) is 11.8 Å². The Morgan fingerprint density at radius 1 is 1.31 bits per heavy atom. The molecule has 1 atom stereocenters. The van der Waals surface area contributed by atoms with E-state index in [1.54, 1.807) is 0 Å². The first-order valence-electron chi connectivity index (χ1n) is 6.45. The fraction of sp³-hybridized carbons (Fsp3) is 1.00. The minimum atomic E-state index is 0.392. The lowest BCUT2D eigenvalue weighted by atomic mass is 10.1. The van der Waals surface area contributed by atoms with Crippen LogP contribution in [0.5, 0.6) is 0 Å². The molecule has 0 amide bonds. The molecule has 1 unspecified atom stereocenters. The lowest BCUT2D eigenvalue weighted by Crippen LogP contribution is -2.45. The molecule has 2 nitrogen and oxygen atoms in total. The quantitative estimate of drug-likeness (QED) is 0.818. The molecule has 1 heterocycles. The predicted molar refractivity (Wildman–Crippen MR) is 75.3 cm³/mol. The van der Waals surface area contributed by atoms with E-state index >= 15 is 0 Å². The van der Waals surface area contributed by atoms with Crippen molar-refractivity contribution in [3.63, 3.8) is 0 Å². The van der Waals surface area contributed by atoms with Gasteiger partial charge in [-0.05, 0) is 39.9 Å². The second kappa shape index (κ2) is 6.27. The van der Waals surface area contributed by atoms with Crippen LogP contribution in [0.3, 0.4) is 0 Å². The van der Waals surface area contributed by atoms with Crippen molar-refractivity contribution in [2.24, 2.45) is 0 Å². The van der Waals surface area contributed by atoms with E-state index in [1.165, 1.54) is 31.7 Å². The zero-order valence-electron chi connectivity index (χ0n) is 11.5. The van der Waals surface area contributed by atoms with E-state index in [4.69, 9.17) is 0 Å². The number of hydrogen-bond donors (Lipinski definition) is 1. The van der Waals surface area contributed by atoms with Crippen molar-refractivity contribution in [3.8, 4) is 0 Å². The summed E-state index contributed by atoms with van der Waals surface area (Å²) in [5, 5.41) is 3.76. The van der Waals surface area contributed by atoms with E-state index in [0.29, 0.717) is 10.8 Å². The van der Waals surface area contributed by atoms with Crippen LogP contribution in [0, 0.1) is 0 Å². The molecule has 0 aromatic rings. The molecular weight excluding hydrogens is 216 g/mol. The molecule has 0 aliphatic carbocycles. The fourth-order valence-corrected chi connectivity index (χ4v) is 2.85. The maximum absolute atomic E-state index is 3.76. The Bertz CT molecular complexity index is 193. The highest BCUT2D eigenvalue weighted by Crippen LogP contribution is 2.24. The SMILES string of the molecule is CC(CSC(C)(C)C)NC1CCN(C)CC1. The molecule has 1 N–H and O–H groups in total. The highest BCUT2D eigenvalue weighted by atomic mass is 32.2. The summed E-state index contributed by atoms with van der Waals surface area (Å²) in [6.07, 6.45) is 2.61. The average Bonchev–Trinajstić information content (AvgIpc) is 2.18. The van der Waals surface area contributed by atoms with Crippen molar-refractivity contribution in [1.29, 1.82) is 0 Å². The molecule has 1 aliphatic rings. The summed E-state index contributed by atoms with van der Waals surface area (Å²) in [6.45, 7) is 11.7. The minimum absolute atomic E-state index is 0.392. The summed E-state index contributed by atoms with van der Waals surface area (Å²) in [6, 6.07) is 1.38. The second-order valence-electron chi connectivity index (χ2n) is 6.07. The van der Waals surface area contributed by atoms with Crippen molar-refractivity contribution < 1.29 is 0 Å². The minimum Gasteiger partial charge on any atom is -0.311 e. The third-order valence-electron chi connectivity index (χ3n) is 3.01. The standard InChI is InChI=1S/C13H28N2S/c1-11(10-16-13(2,3)4)14-12-6-8-15(5)9-7-12/h11-12,14H,6-10H2,1-5H3. The van der Waals surface area contributed by atoms with Gasteiger partial charge < -0.3 is 10.2 Å². The van der Waals surface area contributed by atoms with Gasteiger partial charge in [0.15, 0.2) is 0 Å². The van der Waals surface area contributed by atoms with Gasteiger partial charge in [-0.25, -0.2) is 0 Å². The number of rotatable bonds is 4. The molecule has 96 valence electrons. The van der Waals surface area contributed by atoms with E-state index in [-0.39, 0.29) is 0 Å². The molecule has 1 rings (SSSR count). The Labute approximate surface area is 106 Å². The molecular formula is C13H28N2S. The van der Waals surface area contributed by atoms with E-state index in [1.807, 2.05) is 0 Å². The monoisotopic (exact) mass is 244 g/mol. The van der Waals surface area contributed by atoms with Gasteiger partial charge in [-0.1, -0.05) is 20.8 Å². The zero-order valence-corrected chi connectivity index (χ0v) is 12.4. The van der Waals surface area contributed by atoms with Gasteiger partial charge in [0.1, 0.15) is 0 Å². The Morgan fingerprint density at radius 2 is 1.88 bits per heavy atom. The number of nitrogens with zero attached hydrogens (tertiary/aromatic N) is 1. The van der Waals surface area contributed by atoms with Crippen molar-refractivity contribution >= 4 is 11.8 Å². The largest absolute Gasteiger partial charge is 0.311 e. The van der Waals surface area contributed by atoms with Crippen LogP contribution in [0.4, 0.5) is 0 Å². The molecule has 0 saturated carbocycles. The fourth-order valence-electron chi connectivity index (χ4n) is 2.00. The van der Waals surface area contributed by atoms with E-state index < -0.39 is 0 Å². The highest BCUT2D eigenvalue weighted by molar-refractivity contribution is 8.00. The summed E-state index contributed by atoms with van der Waals surface area (Å²) in [7, 11) is 2.22. The van der Waals surface area contributed by atoms with Gasteiger partial charge in [0, 0.05) is 22.6 Å². The molecule has 3 heteroatoms. The molecule has 0 aromatic carbocycles. The van der Waals surface area contributed by atoms with Crippen LogP contribution in [0.25, 0.3) is 0 Å². The Kier molecular flexibility index (Phi) is 5.62. The summed E-state index contributed by atoms with van der Waals surface area (Å²) in [4.78, 5) is 2.42. The Balaban J connectivity index is 2.16. The summed E-state index contributed by atoms with van der Waals surface area (Å²) in [5.74, 6) is 1.22.